The van der Waals surface area contributed by atoms with Crippen molar-refractivity contribution in [1.82, 2.24) is 19.9 Å². The summed E-state index contributed by atoms with van der Waals surface area (Å²) in [6.45, 7) is 3.89. The molecule has 1 atom stereocenters. The molecule has 3 aromatic heterocycles. The number of fused-ring (bicyclic) bond motifs is 1. The van der Waals surface area contributed by atoms with Crippen LogP contribution in [0.5, 0.6) is 0 Å². The number of anilines is 1. The van der Waals surface area contributed by atoms with Gasteiger partial charge in [0.1, 0.15) is 22.5 Å². The van der Waals surface area contributed by atoms with Crippen LogP contribution < -0.4 is 5.32 Å². The molecule has 0 bridgehead atoms. The second-order valence-electron chi connectivity index (χ2n) is 5.22. The van der Waals surface area contributed by atoms with Crippen molar-refractivity contribution < 1.29 is 9.90 Å². The predicted octanol–water partition coefficient (Wildman–Crippen LogP) is 2.39. The van der Waals surface area contributed by atoms with E-state index < -0.39 is 12.0 Å². The van der Waals surface area contributed by atoms with Crippen LogP contribution >= 0.6 is 11.3 Å². The van der Waals surface area contributed by atoms with E-state index in [1.165, 1.54) is 11.2 Å². The predicted molar refractivity (Wildman–Crippen MR) is 88.9 cm³/mol. The van der Waals surface area contributed by atoms with Gasteiger partial charge in [0.2, 0.25) is 0 Å². The molecule has 0 fully saturated rings. The van der Waals surface area contributed by atoms with E-state index in [9.17, 15) is 9.90 Å². The molecule has 1 unspecified atom stereocenters. The van der Waals surface area contributed by atoms with Crippen LogP contribution in [0.15, 0.2) is 18.6 Å². The molecule has 3 rings (SSSR count). The Kier molecular flexibility index (Phi) is 4.24. The maximum absolute atomic E-state index is 11.6. The number of aryl methyl sites for hydroxylation is 2. The summed E-state index contributed by atoms with van der Waals surface area (Å²) < 4.78 is 0. The van der Waals surface area contributed by atoms with Crippen molar-refractivity contribution in [3.8, 4) is 0 Å². The topological polar surface area (TPSA) is 104 Å². The number of thiophene rings is 1. The van der Waals surface area contributed by atoms with Crippen molar-refractivity contribution in [2.45, 2.75) is 32.7 Å². The molecule has 0 spiro atoms. The van der Waals surface area contributed by atoms with Crippen molar-refractivity contribution in [1.29, 1.82) is 0 Å². The standard InChI is InChI=1S/C15H17N5O2S/c1-3-10-5-11-13(18-8(2)19-14(11)23-10)20-12(15(21)22)4-9-6-16-7-17-9/h5-7,12H,3-4H2,1-2H3,(H,16,17)(H,21,22)(H,18,19,20). The summed E-state index contributed by atoms with van der Waals surface area (Å²) in [4.78, 5) is 29.3. The molecule has 23 heavy (non-hydrogen) atoms. The summed E-state index contributed by atoms with van der Waals surface area (Å²) in [6, 6.07) is 1.23. The van der Waals surface area contributed by atoms with Crippen molar-refractivity contribution in [3.63, 3.8) is 0 Å². The maximum atomic E-state index is 11.6. The van der Waals surface area contributed by atoms with E-state index in [-0.39, 0.29) is 0 Å². The molecule has 7 nitrogen and oxygen atoms in total. The summed E-state index contributed by atoms with van der Waals surface area (Å²) >= 11 is 1.61. The monoisotopic (exact) mass is 331 g/mol. The van der Waals surface area contributed by atoms with Crippen LogP contribution in [0, 0.1) is 6.92 Å². The Balaban J connectivity index is 1.94. The molecule has 0 saturated heterocycles. The largest absolute Gasteiger partial charge is 0.480 e. The summed E-state index contributed by atoms with van der Waals surface area (Å²) in [5, 5.41) is 13.4. The Morgan fingerprint density at radius 2 is 2.30 bits per heavy atom. The Bertz CT molecular complexity index is 828. The molecule has 0 amide bonds. The zero-order valence-electron chi connectivity index (χ0n) is 12.8. The first-order valence-electron chi connectivity index (χ1n) is 7.30. The Morgan fingerprint density at radius 1 is 1.48 bits per heavy atom. The first-order chi connectivity index (χ1) is 11.1. The van der Waals surface area contributed by atoms with Crippen LogP contribution in [0.2, 0.25) is 0 Å². The number of carbonyl (C=O) groups is 1. The molecule has 3 aromatic rings. The minimum absolute atomic E-state index is 0.296. The van der Waals surface area contributed by atoms with Crippen molar-refractivity contribution in [2.24, 2.45) is 0 Å². The SMILES string of the molecule is CCc1cc2c(NC(Cc3cnc[nH]3)C(=O)O)nc(C)nc2s1. The van der Waals surface area contributed by atoms with Gasteiger partial charge < -0.3 is 15.4 Å². The number of hydrogen-bond donors (Lipinski definition) is 3. The highest BCUT2D eigenvalue weighted by atomic mass is 32.1. The van der Waals surface area contributed by atoms with Gasteiger partial charge in [-0.05, 0) is 19.4 Å². The molecule has 0 aromatic carbocycles. The molecule has 3 N–H and O–H groups in total. The van der Waals surface area contributed by atoms with Crippen LogP contribution in [-0.2, 0) is 17.6 Å². The average Bonchev–Trinajstić information content (AvgIpc) is 3.14. The zero-order chi connectivity index (χ0) is 16.4. The lowest BCUT2D eigenvalue weighted by Gasteiger charge is -2.15. The van der Waals surface area contributed by atoms with Crippen LogP contribution in [0.4, 0.5) is 5.82 Å². The molecular formula is C15H17N5O2S. The van der Waals surface area contributed by atoms with Gasteiger partial charge in [0, 0.05) is 23.2 Å². The van der Waals surface area contributed by atoms with Crippen molar-refractivity contribution in [3.05, 3.63) is 35.0 Å². The summed E-state index contributed by atoms with van der Waals surface area (Å²) in [7, 11) is 0. The van der Waals surface area contributed by atoms with Gasteiger partial charge in [-0.1, -0.05) is 6.92 Å². The van der Waals surface area contributed by atoms with E-state index in [0.29, 0.717) is 18.1 Å². The van der Waals surface area contributed by atoms with E-state index >= 15 is 0 Å². The lowest BCUT2D eigenvalue weighted by molar-refractivity contribution is -0.137. The number of carboxylic acids is 1. The van der Waals surface area contributed by atoms with Crippen molar-refractivity contribution >= 4 is 33.3 Å². The van der Waals surface area contributed by atoms with Crippen molar-refractivity contribution in [2.75, 3.05) is 5.32 Å². The number of nitrogens with zero attached hydrogens (tertiary/aromatic N) is 3. The summed E-state index contributed by atoms with van der Waals surface area (Å²) in [5.41, 5.74) is 0.756. The van der Waals surface area contributed by atoms with E-state index in [4.69, 9.17) is 0 Å². The number of aromatic nitrogens is 4. The van der Waals surface area contributed by atoms with Crippen LogP contribution in [0.3, 0.4) is 0 Å². The van der Waals surface area contributed by atoms with E-state index in [2.05, 4.69) is 32.2 Å². The molecule has 120 valence electrons. The number of H-pyrrole nitrogens is 1. The van der Waals surface area contributed by atoms with Crippen LogP contribution in [0.1, 0.15) is 23.3 Å². The minimum atomic E-state index is -0.935. The zero-order valence-corrected chi connectivity index (χ0v) is 13.6. The minimum Gasteiger partial charge on any atom is -0.480 e. The summed E-state index contributed by atoms with van der Waals surface area (Å²) in [5.74, 6) is 0.250. The first-order valence-corrected chi connectivity index (χ1v) is 8.12. The molecule has 0 radical (unpaired) electrons. The Labute approximate surface area is 136 Å². The molecule has 0 aliphatic rings. The third-order valence-electron chi connectivity index (χ3n) is 3.49. The molecule has 0 saturated carbocycles. The number of carboxylic acid groups (broad SMARTS) is 1. The van der Waals surface area contributed by atoms with Gasteiger partial charge in [-0.15, -0.1) is 11.3 Å². The van der Waals surface area contributed by atoms with E-state index in [0.717, 1.165) is 22.3 Å². The molecular weight excluding hydrogens is 314 g/mol. The fourth-order valence-electron chi connectivity index (χ4n) is 2.34. The van der Waals surface area contributed by atoms with Gasteiger partial charge in [-0.2, -0.15) is 0 Å². The highest BCUT2D eigenvalue weighted by Gasteiger charge is 2.21. The van der Waals surface area contributed by atoms with E-state index in [1.807, 2.05) is 6.07 Å². The molecule has 8 heteroatoms. The van der Waals surface area contributed by atoms with E-state index in [1.54, 1.807) is 24.5 Å². The summed E-state index contributed by atoms with van der Waals surface area (Å²) in [6.07, 6.45) is 4.37. The molecule has 3 heterocycles. The van der Waals surface area contributed by atoms with Gasteiger partial charge in [-0.3, -0.25) is 0 Å². The number of nitrogens with one attached hydrogen (secondary N) is 2. The second kappa shape index (κ2) is 6.33. The smallest absolute Gasteiger partial charge is 0.326 e. The lowest BCUT2D eigenvalue weighted by atomic mass is 10.1. The molecule has 0 aliphatic carbocycles. The Hall–Kier alpha value is -2.48. The van der Waals surface area contributed by atoms with Crippen LogP contribution in [0.25, 0.3) is 10.2 Å². The van der Waals surface area contributed by atoms with Gasteiger partial charge in [-0.25, -0.2) is 19.7 Å². The average molecular weight is 331 g/mol. The van der Waals surface area contributed by atoms with Gasteiger partial charge in [0.25, 0.3) is 0 Å². The van der Waals surface area contributed by atoms with Gasteiger partial charge in [0.15, 0.2) is 0 Å². The fourth-order valence-corrected chi connectivity index (χ4v) is 3.36. The van der Waals surface area contributed by atoms with Gasteiger partial charge in [0.05, 0.1) is 11.7 Å². The first kappa shape index (κ1) is 15.4. The molecule has 0 aliphatic heterocycles. The second-order valence-corrected chi connectivity index (χ2v) is 6.34. The highest BCUT2D eigenvalue weighted by molar-refractivity contribution is 7.18. The fraction of sp³-hybridized carbons (Fsp3) is 0.333. The number of imidazole rings is 1. The third kappa shape index (κ3) is 3.31. The number of aliphatic carboxylic acids is 1. The van der Waals surface area contributed by atoms with Gasteiger partial charge >= 0.3 is 5.97 Å². The highest BCUT2D eigenvalue weighted by Crippen LogP contribution is 2.29. The number of hydrogen-bond acceptors (Lipinski definition) is 6. The third-order valence-corrected chi connectivity index (χ3v) is 4.67. The number of aromatic amines is 1. The Morgan fingerprint density at radius 3 is 2.96 bits per heavy atom. The lowest BCUT2D eigenvalue weighted by Crippen LogP contribution is -2.32. The quantitative estimate of drug-likeness (QED) is 0.641. The normalized spacial score (nSPS) is 12.4. The van der Waals surface area contributed by atoms with Crippen LogP contribution in [-0.4, -0.2) is 37.1 Å². The maximum Gasteiger partial charge on any atom is 0.326 e. The number of rotatable bonds is 6.